The Kier molecular flexibility index (Phi) is 5.91. The molecule has 22 heavy (non-hydrogen) atoms. The van der Waals surface area contributed by atoms with Gasteiger partial charge in [0.15, 0.2) is 6.04 Å². The molecule has 6 heteroatoms. The van der Waals surface area contributed by atoms with E-state index in [2.05, 4.69) is 34.9 Å². The van der Waals surface area contributed by atoms with E-state index in [1.807, 2.05) is 13.0 Å². The van der Waals surface area contributed by atoms with Crippen LogP contribution in [0.15, 0.2) is 30.3 Å². The normalized spacial score (nSPS) is 22.6. The van der Waals surface area contributed by atoms with Gasteiger partial charge in [-0.3, -0.25) is 10.1 Å². The lowest BCUT2D eigenvalue weighted by atomic mass is 10.1. The molecule has 4 N–H and O–H groups in total. The molecule has 1 saturated heterocycles. The van der Waals surface area contributed by atoms with Crippen molar-refractivity contribution in [2.45, 2.75) is 19.5 Å². The zero-order valence-corrected chi connectivity index (χ0v) is 13.3. The van der Waals surface area contributed by atoms with Crippen molar-refractivity contribution in [3.05, 3.63) is 35.9 Å². The van der Waals surface area contributed by atoms with Crippen LogP contribution < -0.4 is 20.4 Å². The Hall–Kier alpha value is -1.92. The highest BCUT2D eigenvalue weighted by Gasteiger charge is 2.31. The average molecular weight is 306 g/mol. The number of carbonyl (C=O) groups is 2. The minimum Gasteiger partial charge on any atom is -0.341 e. The first-order chi connectivity index (χ1) is 10.6. The molecular formula is C16H26N4O2+2. The molecule has 1 atom stereocenters. The molecule has 0 saturated carbocycles. The van der Waals surface area contributed by atoms with Crippen molar-refractivity contribution in [1.82, 2.24) is 10.6 Å². The highest BCUT2D eigenvalue weighted by atomic mass is 16.2. The van der Waals surface area contributed by atoms with Crippen LogP contribution in [0, 0.1) is 0 Å². The van der Waals surface area contributed by atoms with Gasteiger partial charge in [-0.05, 0) is 6.92 Å². The zero-order valence-electron chi connectivity index (χ0n) is 13.3. The molecule has 0 radical (unpaired) electrons. The highest BCUT2D eigenvalue weighted by Crippen LogP contribution is 1.95. The molecule has 0 bridgehead atoms. The average Bonchev–Trinajstić information content (AvgIpc) is 2.55. The summed E-state index contributed by atoms with van der Waals surface area (Å²) in [7, 11) is 1.51. The first-order valence-electron chi connectivity index (χ1n) is 7.84. The third kappa shape index (κ3) is 4.54. The largest absolute Gasteiger partial charge is 0.341 e. The molecule has 6 nitrogen and oxygen atoms in total. The van der Waals surface area contributed by atoms with Gasteiger partial charge >= 0.3 is 6.03 Å². The van der Waals surface area contributed by atoms with E-state index in [0.717, 1.165) is 32.7 Å². The number of amides is 3. The summed E-state index contributed by atoms with van der Waals surface area (Å²) in [5.41, 5.74) is 1.35. The van der Waals surface area contributed by atoms with Crippen LogP contribution in [0.5, 0.6) is 0 Å². The minimum atomic E-state index is -0.440. The fourth-order valence-electron chi connectivity index (χ4n) is 2.89. The minimum absolute atomic E-state index is 0.199. The molecule has 1 aliphatic heterocycles. The zero-order chi connectivity index (χ0) is 15.9. The van der Waals surface area contributed by atoms with Crippen molar-refractivity contribution < 1.29 is 19.4 Å². The van der Waals surface area contributed by atoms with Gasteiger partial charge in [0, 0.05) is 12.6 Å². The number of quaternary nitrogens is 2. The lowest BCUT2D eigenvalue weighted by Crippen LogP contribution is -3.29. The Labute approximate surface area is 131 Å². The van der Waals surface area contributed by atoms with Crippen molar-refractivity contribution in [3.8, 4) is 0 Å². The summed E-state index contributed by atoms with van der Waals surface area (Å²) >= 11 is 0. The van der Waals surface area contributed by atoms with E-state index in [1.54, 1.807) is 4.90 Å². The molecule has 1 aliphatic rings. The van der Waals surface area contributed by atoms with Gasteiger partial charge < -0.3 is 15.1 Å². The van der Waals surface area contributed by atoms with Gasteiger partial charge in [-0.2, -0.15) is 0 Å². The standard InChI is InChI=1S/C16H24N4O2/c1-13(15(21)18-16(22)17-2)20-10-8-19(9-11-20)12-14-6-4-3-5-7-14/h3-7,13H,8-12H2,1-2H3,(H2,17,18,21,22)/p+2/t13-/m1/s1. The van der Waals surface area contributed by atoms with Crippen LogP contribution in [0.3, 0.4) is 0 Å². The number of rotatable bonds is 4. The molecule has 1 aromatic carbocycles. The lowest BCUT2D eigenvalue weighted by molar-refractivity contribution is -1.02. The summed E-state index contributed by atoms with van der Waals surface area (Å²) in [4.78, 5) is 26.0. The van der Waals surface area contributed by atoms with E-state index in [1.165, 1.54) is 17.5 Å². The van der Waals surface area contributed by atoms with Crippen LogP contribution in [-0.2, 0) is 11.3 Å². The fourth-order valence-corrected chi connectivity index (χ4v) is 2.89. The van der Waals surface area contributed by atoms with Crippen molar-refractivity contribution in [1.29, 1.82) is 0 Å². The second-order valence-corrected chi connectivity index (χ2v) is 5.86. The maximum atomic E-state index is 12.0. The molecule has 1 aromatic rings. The van der Waals surface area contributed by atoms with E-state index in [4.69, 9.17) is 0 Å². The number of carbonyl (C=O) groups excluding carboxylic acids is 2. The smallest absolute Gasteiger partial charge is 0.321 e. The number of benzene rings is 1. The Morgan fingerprint density at radius 2 is 1.77 bits per heavy atom. The van der Waals surface area contributed by atoms with Gasteiger partial charge in [0.05, 0.1) is 0 Å². The van der Waals surface area contributed by atoms with Gasteiger partial charge in [-0.15, -0.1) is 0 Å². The highest BCUT2D eigenvalue weighted by molar-refractivity contribution is 5.96. The molecule has 120 valence electrons. The summed E-state index contributed by atoms with van der Waals surface area (Å²) in [5, 5.41) is 4.76. The number of imide groups is 1. The van der Waals surface area contributed by atoms with E-state index in [9.17, 15) is 9.59 Å². The van der Waals surface area contributed by atoms with Crippen LogP contribution in [0.25, 0.3) is 0 Å². The first kappa shape index (κ1) is 16.5. The molecule has 0 aliphatic carbocycles. The Bertz CT molecular complexity index is 498. The topological polar surface area (TPSA) is 67.1 Å². The van der Waals surface area contributed by atoms with Gasteiger partial charge in [0.2, 0.25) is 0 Å². The predicted octanol–water partition coefficient (Wildman–Crippen LogP) is -2.19. The summed E-state index contributed by atoms with van der Waals surface area (Å²) in [6, 6.07) is 9.86. The first-order valence-corrected chi connectivity index (χ1v) is 7.84. The van der Waals surface area contributed by atoms with E-state index >= 15 is 0 Å². The van der Waals surface area contributed by atoms with E-state index in [-0.39, 0.29) is 11.9 Å². The van der Waals surface area contributed by atoms with E-state index in [0.29, 0.717) is 0 Å². The second kappa shape index (κ2) is 7.91. The van der Waals surface area contributed by atoms with Gasteiger partial charge in [0.25, 0.3) is 5.91 Å². The molecule has 0 unspecified atom stereocenters. The summed E-state index contributed by atoms with van der Waals surface area (Å²) in [6.45, 7) is 6.90. The predicted molar refractivity (Wildman–Crippen MR) is 83.6 cm³/mol. The number of urea groups is 1. The van der Waals surface area contributed by atoms with Gasteiger partial charge in [0.1, 0.15) is 32.7 Å². The molecule has 1 fully saturated rings. The Morgan fingerprint density at radius 1 is 1.14 bits per heavy atom. The van der Waals surface area contributed by atoms with Crippen molar-refractivity contribution in [2.75, 3.05) is 33.2 Å². The Balaban J connectivity index is 1.79. The Morgan fingerprint density at radius 3 is 2.36 bits per heavy atom. The second-order valence-electron chi connectivity index (χ2n) is 5.86. The van der Waals surface area contributed by atoms with Crippen LogP contribution in [0.4, 0.5) is 4.79 Å². The van der Waals surface area contributed by atoms with Gasteiger partial charge in [-0.25, -0.2) is 4.79 Å². The van der Waals surface area contributed by atoms with Crippen LogP contribution in [0.1, 0.15) is 12.5 Å². The number of nitrogens with one attached hydrogen (secondary N) is 4. The van der Waals surface area contributed by atoms with Crippen LogP contribution in [0.2, 0.25) is 0 Å². The monoisotopic (exact) mass is 306 g/mol. The summed E-state index contributed by atoms with van der Waals surface area (Å²) < 4.78 is 0. The summed E-state index contributed by atoms with van der Waals surface area (Å²) in [6.07, 6.45) is 0. The van der Waals surface area contributed by atoms with Crippen molar-refractivity contribution in [3.63, 3.8) is 0 Å². The lowest BCUT2D eigenvalue weighted by Gasteiger charge is -2.32. The van der Waals surface area contributed by atoms with Crippen LogP contribution >= 0.6 is 0 Å². The van der Waals surface area contributed by atoms with Gasteiger partial charge in [-0.1, -0.05) is 30.3 Å². The third-order valence-corrected chi connectivity index (χ3v) is 4.37. The SMILES string of the molecule is CNC(=O)NC(=O)[C@@H](C)[NH+]1CC[NH+](Cc2ccccc2)CC1. The summed E-state index contributed by atoms with van der Waals surface area (Å²) in [5.74, 6) is -0.208. The number of piperazine rings is 1. The third-order valence-electron chi connectivity index (χ3n) is 4.37. The fraction of sp³-hybridized carbons (Fsp3) is 0.500. The molecule has 2 rings (SSSR count). The quantitative estimate of drug-likeness (QED) is 0.511. The number of hydrogen-bond acceptors (Lipinski definition) is 2. The molecule has 3 amide bonds. The number of hydrogen-bond donors (Lipinski definition) is 4. The van der Waals surface area contributed by atoms with Crippen LogP contribution in [-0.4, -0.2) is 51.2 Å². The molecule has 0 spiro atoms. The van der Waals surface area contributed by atoms with E-state index < -0.39 is 6.03 Å². The maximum Gasteiger partial charge on any atom is 0.321 e. The van der Waals surface area contributed by atoms with Crippen molar-refractivity contribution >= 4 is 11.9 Å². The maximum absolute atomic E-state index is 12.0. The van der Waals surface area contributed by atoms with Crippen molar-refractivity contribution in [2.24, 2.45) is 0 Å². The molecule has 0 aromatic heterocycles. The molecular weight excluding hydrogens is 280 g/mol. The molecule has 1 heterocycles.